The van der Waals surface area contributed by atoms with E-state index >= 15 is 0 Å². The average molecular weight is 403 g/mol. The van der Waals surface area contributed by atoms with Crippen LogP contribution >= 0.6 is 0 Å². The third-order valence-electron chi connectivity index (χ3n) is 10.2. The SMILES string of the molecule is CCCCCCCN[C@H]1CC[C@H]2[C@@H]3CC[C@H]4N(C)C(=O)CC[C@]4(C)[C@H]3CC[C@]12C. The zero-order valence-corrected chi connectivity index (χ0v) is 19.6. The first-order chi connectivity index (χ1) is 13.9. The van der Waals surface area contributed by atoms with Gasteiger partial charge in [-0.05, 0) is 86.5 Å². The Morgan fingerprint density at radius 2 is 1.69 bits per heavy atom. The van der Waals surface area contributed by atoms with E-state index in [1.807, 2.05) is 0 Å². The summed E-state index contributed by atoms with van der Waals surface area (Å²) < 4.78 is 0. The smallest absolute Gasteiger partial charge is 0.222 e. The molecular weight excluding hydrogens is 356 g/mol. The first kappa shape index (κ1) is 21.7. The molecule has 1 heterocycles. The Morgan fingerprint density at radius 1 is 0.931 bits per heavy atom. The standard InChI is InChI=1S/C26H46N2O/c1-5-6-7-8-9-18-27-22-12-11-20-19-10-13-23-26(3,17-15-24(29)28(23)4)21(19)14-16-25(20,22)2/h19-23,27H,5-18H2,1-4H3/t19-,20-,21-,22-,23+,25-,26+/m0/s1. The maximum absolute atomic E-state index is 12.3. The van der Waals surface area contributed by atoms with Gasteiger partial charge in [0.1, 0.15) is 0 Å². The van der Waals surface area contributed by atoms with Crippen LogP contribution < -0.4 is 5.32 Å². The van der Waals surface area contributed by atoms with E-state index in [2.05, 4.69) is 38.0 Å². The van der Waals surface area contributed by atoms with Gasteiger partial charge < -0.3 is 10.2 Å². The second kappa shape index (κ2) is 8.52. The molecule has 4 rings (SSSR count). The van der Waals surface area contributed by atoms with Crippen LogP contribution in [0.15, 0.2) is 0 Å². The van der Waals surface area contributed by atoms with E-state index in [0.29, 0.717) is 22.8 Å². The minimum atomic E-state index is 0.359. The van der Waals surface area contributed by atoms with Crippen molar-refractivity contribution in [1.29, 1.82) is 0 Å². The summed E-state index contributed by atoms with van der Waals surface area (Å²) in [6.07, 6.45) is 17.0. The summed E-state index contributed by atoms with van der Waals surface area (Å²) in [6.45, 7) is 8.68. The van der Waals surface area contributed by atoms with E-state index in [4.69, 9.17) is 0 Å². The van der Waals surface area contributed by atoms with Crippen LogP contribution in [-0.2, 0) is 4.79 Å². The van der Waals surface area contributed by atoms with Gasteiger partial charge in [0, 0.05) is 25.6 Å². The molecule has 0 aromatic carbocycles. The molecule has 4 aliphatic rings. The molecule has 0 radical (unpaired) electrons. The Hall–Kier alpha value is -0.570. The fourth-order valence-electron chi connectivity index (χ4n) is 8.49. The molecule has 0 aromatic rings. The molecule has 0 aromatic heterocycles. The molecule has 29 heavy (non-hydrogen) atoms. The van der Waals surface area contributed by atoms with E-state index in [0.717, 1.165) is 36.6 Å². The highest BCUT2D eigenvalue weighted by atomic mass is 16.2. The summed E-state index contributed by atoms with van der Waals surface area (Å²) in [5.41, 5.74) is 0.863. The number of hydrogen-bond donors (Lipinski definition) is 1. The predicted octanol–water partition coefficient (Wildman–Crippen LogP) is 5.78. The summed E-state index contributed by atoms with van der Waals surface area (Å²) >= 11 is 0. The maximum Gasteiger partial charge on any atom is 0.222 e. The van der Waals surface area contributed by atoms with Crippen LogP contribution in [0, 0.1) is 28.6 Å². The molecule has 3 nitrogen and oxygen atoms in total. The third kappa shape index (κ3) is 3.68. The van der Waals surface area contributed by atoms with Crippen molar-refractivity contribution < 1.29 is 4.79 Å². The van der Waals surface area contributed by atoms with Crippen molar-refractivity contribution in [3.8, 4) is 0 Å². The molecule has 3 saturated carbocycles. The molecule has 1 N–H and O–H groups in total. The maximum atomic E-state index is 12.3. The molecule has 166 valence electrons. The zero-order valence-electron chi connectivity index (χ0n) is 19.6. The molecular formula is C26H46N2O. The highest BCUT2D eigenvalue weighted by Crippen LogP contribution is 2.64. The number of likely N-dealkylation sites (tertiary alicyclic amines) is 1. The molecule has 1 aliphatic heterocycles. The van der Waals surface area contributed by atoms with Gasteiger partial charge in [0.2, 0.25) is 5.91 Å². The molecule has 0 unspecified atom stereocenters. The lowest BCUT2D eigenvalue weighted by molar-refractivity contribution is -0.157. The van der Waals surface area contributed by atoms with Gasteiger partial charge in [-0.2, -0.15) is 0 Å². The second-order valence-electron chi connectivity index (χ2n) is 11.5. The fraction of sp³-hybridized carbons (Fsp3) is 0.962. The van der Waals surface area contributed by atoms with Gasteiger partial charge in [-0.3, -0.25) is 4.79 Å². The fourth-order valence-corrected chi connectivity index (χ4v) is 8.49. The van der Waals surface area contributed by atoms with Gasteiger partial charge in [0.05, 0.1) is 0 Å². The van der Waals surface area contributed by atoms with E-state index in [-0.39, 0.29) is 0 Å². The van der Waals surface area contributed by atoms with Gasteiger partial charge in [-0.1, -0.05) is 46.5 Å². The van der Waals surface area contributed by atoms with E-state index in [9.17, 15) is 4.79 Å². The van der Waals surface area contributed by atoms with Gasteiger partial charge in [-0.15, -0.1) is 0 Å². The molecule has 0 spiro atoms. The number of fused-ring (bicyclic) bond motifs is 5. The van der Waals surface area contributed by atoms with Gasteiger partial charge in [-0.25, -0.2) is 0 Å². The lowest BCUT2D eigenvalue weighted by Crippen LogP contribution is -2.61. The van der Waals surface area contributed by atoms with Gasteiger partial charge >= 0.3 is 0 Å². The molecule has 3 heteroatoms. The Morgan fingerprint density at radius 3 is 2.48 bits per heavy atom. The summed E-state index contributed by atoms with van der Waals surface area (Å²) in [7, 11) is 2.08. The lowest BCUT2D eigenvalue weighted by Gasteiger charge is -2.61. The Balaban J connectivity index is 1.39. The highest BCUT2D eigenvalue weighted by Gasteiger charge is 2.60. The van der Waals surface area contributed by atoms with Crippen LogP contribution in [0.5, 0.6) is 0 Å². The summed E-state index contributed by atoms with van der Waals surface area (Å²) in [5, 5.41) is 4.02. The van der Waals surface area contributed by atoms with E-state index in [1.165, 1.54) is 77.2 Å². The molecule has 1 saturated heterocycles. The van der Waals surface area contributed by atoms with Crippen molar-refractivity contribution in [1.82, 2.24) is 10.2 Å². The Kier molecular flexibility index (Phi) is 6.36. The van der Waals surface area contributed by atoms with Crippen LogP contribution in [0.2, 0.25) is 0 Å². The first-order valence-electron chi connectivity index (χ1n) is 12.9. The predicted molar refractivity (Wildman–Crippen MR) is 121 cm³/mol. The van der Waals surface area contributed by atoms with Gasteiger partial charge in [0.15, 0.2) is 0 Å². The van der Waals surface area contributed by atoms with Crippen LogP contribution in [0.4, 0.5) is 0 Å². The number of rotatable bonds is 7. The molecule has 4 fully saturated rings. The van der Waals surface area contributed by atoms with Crippen molar-refractivity contribution in [2.24, 2.45) is 28.6 Å². The minimum Gasteiger partial charge on any atom is -0.342 e. The highest BCUT2D eigenvalue weighted by molar-refractivity contribution is 5.77. The summed E-state index contributed by atoms with van der Waals surface area (Å²) in [5.74, 6) is 3.02. The molecule has 7 atom stereocenters. The Labute approximate surface area is 179 Å². The number of piperidine rings is 1. The molecule has 1 amide bonds. The number of hydrogen-bond acceptors (Lipinski definition) is 2. The largest absolute Gasteiger partial charge is 0.342 e. The number of nitrogens with one attached hydrogen (secondary N) is 1. The average Bonchev–Trinajstić information content (AvgIpc) is 3.04. The van der Waals surface area contributed by atoms with Crippen molar-refractivity contribution in [3.63, 3.8) is 0 Å². The van der Waals surface area contributed by atoms with Crippen molar-refractivity contribution in [3.05, 3.63) is 0 Å². The quantitative estimate of drug-likeness (QED) is 0.548. The second-order valence-corrected chi connectivity index (χ2v) is 11.5. The Bertz CT molecular complexity index is 591. The van der Waals surface area contributed by atoms with Crippen molar-refractivity contribution in [2.45, 2.75) is 116 Å². The zero-order chi connectivity index (χ0) is 20.6. The third-order valence-corrected chi connectivity index (χ3v) is 10.2. The monoisotopic (exact) mass is 402 g/mol. The van der Waals surface area contributed by atoms with Crippen LogP contribution in [0.25, 0.3) is 0 Å². The van der Waals surface area contributed by atoms with Gasteiger partial charge in [0.25, 0.3) is 0 Å². The topological polar surface area (TPSA) is 32.3 Å². The minimum absolute atomic E-state index is 0.359. The summed E-state index contributed by atoms with van der Waals surface area (Å²) in [4.78, 5) is 14.5. The van der Waals surface area contributed by atoms with Crippen molar-refractivity contribution >= 4 is 5.91 Å². The first-order valence-corrected chi connectivity index (χ1v) is 12.9. The van der Waals surface area contributed by atoms with Crippen LogP contribution in [-0.4, -0.2) is 36.5 Å². The lowest BCUT2D eigenvalue weighted by atomic mass is 9.47. The van der Waals surface area contributed by atoms with Crippen molar-refractivity contribution in [2.75, 3.05) is 13.6 Å². The number of amides is 1. The van der Waals surface area contributed by atoms with Crippen LogP contribution in [0.3, 0.4) is 0 Å². The number of unbranched alkanes of at least 4 members (excludes halogenated alkanes) is 4. The number of nitrogens with zero attached hydrogens (tertiary/aromatic N) is 1. The molecule has 0 bridgehead atoms. The number of carbonyl (C=O) groups is 1. The number of carbonyl (C=O) groups excluding carboxylic acids is 1. The van der Waals surface area contributed by atoms with E-state index < -0.39 is 0 Å². The van der Waals surface area contributed by atoms with E-state index in [1.54, 1.807) is 0 Å². The summed E-state index contributed by atoms with van der Waals surface area (Å²) in [6, 6.07) is 1.23. The normalized spacial score (nSPS) is 44.3. The molecule has 3 aliphatic carbocycles. The van der Waals surface area contributed by atoms with Crippen LogP contribution in [0.1, 0.15) is 104 Å².